The molecule has 1 aromatic rings. The van der Waals surface area contributed by atoms with Crippen LogP contribution in [0.2, 0.25) is 5.02 Å². The van der Waals surface area contributed by atoms with E-state index in [1.807, 2.05) is 19.9 Å². The third kappa shape index (κ3) is 5.81. The third-order valence-corrected chi connectivity index (χ3v) is 5.78. The van der Waals surface area contributed by atoms with Crippen molar-refractivity contribution in [1.29, 1.82) is 0 Å². The van der Waals surface area contributed by atoms with Crippen LogP contribution in [0.1, 0.15) is 52.1 Å². The number of aryl methyl sites for hydroxylation is 1. The van der Waals surface area contributed by atoms with Crippen LogP contribution >= 0.6 is 23.4 Å². The Morgan fingerprint density at radius 2 is 2.14 bits per heavy atom. The van der Waals surface area contributed by atoms with Gasteiger partial charge in [0.15, 0.2) is 0 Å². The summed E-state index contributed by atoms with van der Waals surface area (Å²) in [5, 5.41) is 1.12. The molecule has 124 valence electrons. The number of hydrogen-bond acceptors (Lipinski definition) is 4. The smallest absolute Gasteiger partial charge is 0.305 e. The number of carbonyl (C=O) groups is 1. The summed E-state index contributed by atoms with van der Waals surface area (Å²) in [6.45, 7) is 8.55. The van der Waals surface area contributed by atoms with Crippen molar-refractivity contribution >= 4 is 29.3 Å². The molecule has 0 aliphatic rings. The van der Waals surface area contributed by atoms with Crippen molar-refractivity contribution in [2.45, 2.75) is 63.5 Å². The SMILES string of the molecule is CCCC(Sc1ccnc(C)c1Cl)C(CC)COC(=O)CC. The Morgan fingerprint density at radius 1 is 1.41 bits per heavy atom. The van der Waals surface area contributed by atoms with E-state index in [1.165, 1.54) is 0 Å². The standard InChI is InChI=1S/C17H26ClNO2S/c1-5-8-14(13(6-2)11-21-16(20)7-3)22-15-9-10-19-12(4)17(15)18/h9-10,13-14H,5-8,11H2,1-4H3. The quantitative estimate of drug-likeness (QED) is 0.451. The molecule has 0 radical (unpaired) electrons. The number of rotatable bonds is 9. The first kappa shape index (κ1) is 19.3. The summed E-state index contributed by atoms with van der Waals surface area (Å²) in [6.07, 6.45) is 5.38. The average molecular weight is 344 g/mol. The van der Waals surface area contributed by atoms with Crippen molar-refractivity contribution in [3.8, 4) is 0 Å². The van der Waals surface area contributed by atoms with Crippen LogP contribution in [-0.4, -0.2) is 22.8 Å². The van der Waals surface area contributed by atoms with Crippen molar-refractivity contribution in [2.24, 2.45) is 5.92 Å². The lowest BCUT2D eigenvalue weighted by atomic mass is 10.00. The van der Waals surface area contributed by atoms with Crippen LogP contribution < -0.4 is 0 Å². The lowest BCUT2D eigenvalue weighted by Gasteiger charge is -2.25. The van der Waals surface area contributed by atoms with Gasteiger partial charge in [-0.1, -0.05) is 38.8 Å². The fraction of sp³-hybridized carbons (Fsp3) is 0.647. The van der Waals surface area contributed by atoms with Gasteiger partial charge in [0, 0.05) is 28.7 Å². The molecule has 0 fully saturated rings. The number of hydrogen-bond donors (Lipinski definition) is 0. The topological polar surface area (TPSA) is 39.2 Å². The van der Waals surface area contributed by atoms with E-state index in [0.29, 0.717) is 24.2 Å². The van der Waals surface area contributed by atoms with E-state index in [4.69, 9.17) is 16.3 Å². The first-order valence-corrected chi connectivity index (χ1v) is 9.22. The fourth-order valence-electron chi connectivity index (χ4n) is 2.24. The van der Waals surface area contributed by atoms with Gasteiger partial charge in [-0.2, -0.15) is 0 Å². The Hall–Kier alpha value is -0.740. The van der Waals surface area contributed by atoms with Crippen LogP contribution in [0.4, 0.5) is 0 Å². The van der Waals surface area contributed by atoms with Crippen LogP contribution in [0.15, 0.2) is 17.2 Å². The number of carbonyl (C=O) groups excluding carboxylic acids is 1. The van der Waals surface area contributed by atoms with Gasteiger partial charge < -0.3 is 4.74 Å². The highest BCUT2D eigenvalue weighted by Gasteiger charge is 2.23. The summed E-state index contributed by atoms with van der Waals surface area (Å²) in [5.41, 5.74) is 0.854. The third-order valence-electron chi connectivity index (χ3n) is 3.68. The Balaban J connectivity index is 2.81. The minimum Gasteiger partial charge on any atom is -0.465 e. The van der Waals surface area contributed by atoms with Gasteiger partial charge in [-0.25, -0.2) is 0 Å². The summed E-state index contributed by atoms with van der Waals surface area (Å²) in [4.78, 5) is 16.7. The van der Waals surface area contributed by atoms with Crippen LogP contribution in [0.3, 0.4) is 0 Å². The molecular weight excluding hydrogens is 318 g/mol. The van der Waals surface area contributed by atoms with Crippen molar-refractivity contribution < 1.29 is 9.53 Å². The molecule has 0 N–H and O–H groups in total. The molecule has 0 aromatic carbocycles. The van der Waals surface area contributed by atoms with Crippen LogP contribution in [0.25, 0.3) is 0 Å². The van der Waals surface area contributed by atoms with E-state index in [0.717, 1.165) is 34.9 Å². The summed E-state index contributed by atoms with van der Waals surface area (Å²) in [7, 11) is 0. The van der Waals surface area contributed by atoms with E-state index < -0.39 is 0 Å². The second-order valence-electron chi connectivity index (χ2n) is 5.36. The molecule has 0 bridgehead atoms. The molecule has 1 heterocycles. The number of pyridine rings is 1. The van der Waals surface area contributed by atoms with Crippen molar-refractivity contribution in [3.05, 3.63) is 23.0 Å². The molecule has 0 spiro atoms. The lowest BCUT2D eigenvalue weighted by Crippen LogP contribution is -2.23. The van der Waals surface area contributed by atoms with E-state index in [2.05, 4.69) is 18.8 Å². The maximum Gasteiger partial charge on any atom is 0.305 e. The second-order valence-corrected chi connectivity index (χ2v) is 7.02. The zero-order valence-electron chi connectivity index (χ0n) is 13.9. The number of ether oxygens (including phenoxy) is 1. The Bertz CT molecular complexity index is 482. The number of thioether (sulfide) groups is 1. The highest BCUT2D eigenvalue weighted by molar-refractivity contribution is 8.00. The van der Waals surface area contributed by atoms with Gasteiger partial charge in [0.25, 0.3) is 0 Å². The number of nitrogens with zero attached hydrogens (tertiary/aromatic N) is 1. The summed E-state index contributed by atoms with van der Waals surface area (Å²) in [6, 6.07) is 1.97. The molecular formula is C17H26ClNO2S. The van der Waals surface area contributed by atoms with Gasteiger partial charge >= 0.3 is 5.97 Å². The van der Waals surface area contributed by atoms with Crippen LogP contribution in [0.5, 0.6) is 0 Å². The maximum absolute atomic E-state index is 11.4. The number of halogens is 1. The fourth-order valence-corrected chi connectivity index (χ4v) is 4.02. The second kappa shape index (κ2) is 10.1. The molecule has 0 aliphatic carbocycles. The van der Waals surface area contributed by atoms with E-state index >= 15 is 0 Å². The molecule has 3 nitrogen and oxygen atoms in total. The Morgan fingerprint density at radius 3 is 2.73 bits per heavy atom. The van der Waals surface area contributed by atoms with Gasteiger partial charge in [0.05, 0.1) is 17.3 Å². The van der Waals surface area contributed by atoms with Gasteiger partial charge in [-0.3, -0.25) is 9.78 Å². The van der Waals surface area contributed by atoms with Crippen LogP contribution in [0, 0.1) is 12.8 Å². The van der Waals surface area contributed by atoms with E-state index in [9.17, 15) is 4.79 Å². The summed E-state index contributed by atoms with van der Waals surface area (Å²) >= 11 is 8.15. The zero-order valence-corrected chi connectivity index (χ0v) is 15.5. The Labute approximate surface area is 143 Å². The maximum atomic E-state index is 11.4. The van der Waals surface area contributed by atoms with Gasteiger partial charge in [0.2, 0.25) is 0 Å². The van der Waals surface area contributed by atoms with Crippen LogP contribution in [-0.2, 0) is 9.53 Å². The van der Waals surface area contributed by atoms with E-state index in [-0.39, 0.29) is 5.97 Å². The average Bonchev–Trinajstić information content (AvgIpc) is 2.52. The normalized spacial score (nSPS) is 13.7. The zero-order chi connectivity index (χ0) is 16.5. The predicted molar refractivity (Wildman–Crippen MR) is 93.6 cm³/mol. The Kier molecular flexibility index (Phi) is 8.88. The molecule has 22 heavy (non-hydrogen) atoms. The lowest BCUT2D eigenvalue weighted by molar-refractivity contribution is -0.144. The molecule has 0 amide bonds. The molecule has 0 aliphatic heterocycles. The van der Waals surface area contributed by atoms with Gasteiger partial charge in [0.1, 0.15) is 0 Å². The molecule has 2 atom stereocenters. The van der Waals surface area contributed by atoms with Gasteiger partial charge in [-0.05, 0) is 25.8 Å². The molecule has 2 unspecified atom stereocenters. The number of aromatic nitrogens is 1. The summed E-state index contributed by atoms with van der Waals surface area (Å²) in [5.74, 6) is 0.210. The van der Waals surface area contributed by atoms with Crippen molar-refractivity contribution in [2.75, 3.05) is 6.61 Å². The monoisotopic (exact) mass is 343 g/mol. The molecule has 5 heteroatoms. The minimum atomic E-state index is -0.128. The largest absolute Gasteiger partial charge is 0.465 e. The highest BCUT2D eigenvalue weighted by atomic mass is 35.5. The van der Waals surface area contributed by atoms with Crippen molar-refractivity contribution in [1.82, 2.24) is 4.98 Å². The van der Waals surface area contributed by atoms with Crippen molar-refractivity contribution in [3.63, 3.8) is 0 Å². The first-order chi connectivity index (χ1) is 10.5. The highest BCUT2D eigenvalue weighted by Crippen LogP contribution is 2.37. The molecule has 0 saturated heterocycles. The number of esters is 1. The molecule has 1 aromatic heterocycles. The molecule has 1 rings (SSSR count). The van der Waals surface area contributed by atoms with E-state index in [1.54, 1.807) is 18.0 Å². The summed E-state index contributed by atoms with van der Waals surface area (Å²) < 4.78 is 5.37. The predicted octanol–water partition coefficient (Wildman–Crippen LogP) is 5.28. The molecule has 0 saturated carbocycles. The van der Waals surface area contributed by atoms with Gasteiger partial charge in [-0.15, -0.1) is 11.8 Å². The minimum absolute atomic E-state index is 0.128. The first-order valence-electron chi connectivity index (χ1n) is 7.96.